The maximum atomic E-state index is 11.9. The second kappa shape index (κ2) is 6.09. The standard InChI is InChI=1S/C16H14N4O2/c1-11-7-8-15(22-11)13-9-14(19-18-13)16(21)20-17-10-12-5-3-2-4-6-12/h2-10H,1H3,(H,18,19)(H,20,21)/b17-10+. The van der Waals surface area contributed by atoms with Gasteiger partial charge in [0.05, 0.1) is 6.21 Å². The van der Waals surface area contributed by atoms with Crippen LogP contribution in [0.1, 0.15) is 21.8 Å². The quantitative estimate of drug-likeness (QED) is 0.573. The van der Waals surface area contributed by atoms with E-state index in [1.54, 1.807) is 12.3 Å². The second-order valence-electron chi connectivity index (χ2n) is 4.69. The Morgan fingerprint density at radius 3 is 2.82 bits per heavy atom. The van der Waals surface area contributed by atoms with Gasteiger partial charge in [0.15, 0.2) is 11.5 Å². The van der Waals surface area contributed by atoms with Gasteiger partial charge in [0.2, 0.25) is 0 Å². The lowest BCUT2D eigenvalue weighted by Crippen LogP contribution is -2.17. The third-order valence-corrected chi connectivity index (χ3v) is 3.00. The van der Waals surface area contributed by atoms with Crippen LogP contribution in [0.2, 0.25) is 0 Å². The van der Waals surface area contributed by atoms with E-state index in [0.29, 0.717) is 11.5 Å². The number of aromatic amines is 1. The van der Waals surface area contributed by atoms with Gasteiger partial charge in [-0.05, 0) is 24.6 Å². The molecule has 0 saturated heterocycles. The molecule has 1 amide bonds. The minimum absolute atomic E-state index is 0.245. The Bertz CT molecular complexity index is 802. The minimum atomic E-state index is -0.391. The summed E-state index contributed by atoms with van der Waals surface area (Å²) in [6.07, 6.45) is 1.57. The average molecular weight is 294 g/mol. The Labute approximate surface area is 126 Å². The summed E-state index contributed by atoms with van der Waals surface area (Å²) in [6.45, 7) is 1.85. The minimum Gasteiger partial charge on any atom is -0.460 e. The molecule has 3 rings (SSSR count). The Morgan fingerprint density at radius 1 is 1.27 bits per heavy atom. The number of carbonyl (C=O) groups excluding carboxylic acids is 1. The van der Waals surface area contributed by atoms with Crippen LogP contribution in [0.4, 0.5) is 0 Å². The van der Waals surface area contributed by atoms with Crippen molar-refractivity contribution in [2.24, 2.45) is 5.10 Å². The predicted molar refractivity (Wildman–Crippen MR) is 82.5 cm³/mol. The van der Waals surface area contributed by atoms with Gasteiger partial charge in [0.25, 0.3) is 5.91 Å². The van der Waals surface area contributed by atoms with Gasteiger partial charge in [-0.2, -0.15) is 10.2 Å². The number of H-pyrrole nitrogens is 1. The zero-order valence-electron chi connectivity index (χ0n) is 11.9. The lowest BCUT2D eigenvalue weighted by molar-refractivity contribution is 0.0950. The van der Waals surface area contributed by atoms with Crippen LogP contribution >= 0.6 is 0 Å². The number of nitrogens with zero attached hydrogens (tertiary/aromatic N) is 2. The van der Waals surface area contributed by atoms with E-state index in [1.807, 2.05) is 49.4 Å². The lowest BCUT2D eigenvalue weighted by Gasteiger charge is -1.94. The average Bonchev–Trinajstić information content (AvgIpc) is 3.17. The van der Waals surface area contributed by atoms with Crippen molar-refractivity contribution in [2.75, 3.05) is 0 Å². The third-order valence-electron chi connectivity index (χ3n) is 3.00. The fraction of sp³-hybridized carbons (Fsp3) is 0.0625. The van der Waals surface area contributed by atoms with E-state index >= 15 is 0 Å². The topological polar surface area (TPSA) is 83.3 Å². The van der Waals surface area contributed by atoms with Gasteiger partial charge in [-0.3, -0.25) is 9.89 Å². The molecular formula is C16H14N4O2. The molecule has 0 bridgehead atoms. The van der Waals surface area contributed by atoms with Gasteiger partial charge in [-0.1, -0.05) is 30.3 Å². The third kappa shape index (κ3) is 3.12. The molecule has 0 atom stereocenters. The molecule has 0 aliphatic rings. The number of nitrogens with one attached hydrogen (secondary N) is 2. The van der Waals surface area contributed by atoms with Gasteiger partial charge in [-0.25, -0.2) is 5.43 Å². The van der Waals surface area contributed by atoms with Crippen molar-refractivity contribution in [3.63, 3.8) is 0 Å². The second-order valence-corrected chi connectivity index (χ2v) is 4.69. The molecule has 0 spiro atoms. The molecule has 0 radical (unpaired) electrons. The van der Waals surface area contributed by atoms with E-state index < -0.39 is 5.91 Å². The fourth-order valence-corrected chi connectivity index (χ4v) is 1.91. The highest BCUT2D eigenvalue weighted by Crippen LogP contribution is 2.20. The first-order chi connectivity index (χ1) is 10.7. The smallest absolute Gasteiger partial charge is 0.291 e. The molecule has 2 aromatic heterocycles. The number of aryl methyl sites for hydroxylation is 1. The van der Waals surface area contributed by atoms with Crippen LogP contribution in [0.15, 0.2) is 58.0 Å². The zero-order chi connectivity index (χ0) is 15.4. The van der Waals surface area contributed by atoms with E-state index in [2.05, 4.69) is 20.7 Å². The van der Waals surface area contributed by atoms with Crippen molar-refractivity contribution >= 4 is 12.1 Å². The van der Waals surface area contributed by atoms with Crippen LogP contribution in [0.3, 0.4) is 0 Å². The number of amides is 1. The highest BCUT2D eigenvalue weighted by atomic mass is 16.3. The normalized spacial score (nSPS) is 11.0. The number of aromatic nitrogens is 2. The van der Waals surface area contributed by atoms with Crippen LogP contribution in [0.25, 0.3) is 11.5 Å². The van der Waals surface area contributed by atoms with E-state index in [-0.39, 0.29) is 5.69 Å². The molecule has 0 fully saturated rings. The van der Waals surface area contributed by atoms with E-state index in [4.69, 9.17) is 4.42 Å². The highest BCUT2D eigenvalue weighted by Gasteiger charge is 2.12. The predicted octanol–water partition coefficient (Wildman–Crippen LogP) is 2.74. The Hall–Kier alpha value is -3.15. The van der Waals surface area contributed by atoms with Crippen LogP contribution in [-0.4, -0.2) is 22.3 Å². The molecule has 2 N–H and O–H groups in total. The first-order valence-electron chi connectivity index (χ1n) is 6.73. The van der Waals surface area contributed by atoms with Gasteiger partial charge in [0.1, 0.15) is 11.5 Å². The van der Waals surface area contributed by atoms with Gasteiger partial charge < -0.3 is 4.42 Å². The van der Waals surface area contributed by atoms with Gasteiger partial charge in [0, 0.05) is 6.07 Å². The number of furan rings is 1. The van der Waals surface area contributed by atoms with Crippen LogP contribution in [0, 0.1) is 6.92 Å². The maximum Gasteiger partial charge on any atom is 0.291 e. The first-order valence-corrected chi connectivity index (χ1v) is 6.73. The number of hydrogen-bond donors (Lipinski definition) is 2. The Morgan fingerprint density at radius 2 is 2.09 bits per heavy atom. The van der Waals surface area contributed by atoms with Crippen LogP contribution < -0.4 is 5.43 Å². The molecule has 0 aliphatic carbocycles. The maximum absolute atomic E-state index is 11.9. The Balaban J connectivity index is 1.66. The monoisotopic (exact) mass is 294 g/mol. The molecule has 2 heterocycles. The number of carbonyl (C=O) groups is 1. The molecule has 6 nitrogen and oxygen atoms in total. The molecular weight excluding hydrogens is 280 g/mol. The largest absolute Gasteiger partial charge is 0.460 e. The lowest BCUT2D eigenvalue weighted by atomic mass is 10.2. The van der Waals surface area contributed by atoms with Crippen molar-refractivity contribution < 1.29 is 9.21 Å². The fourth-order valence-electron chi connectivity index (χ4n) is 1.91. The number of hydrogen-bond acceptors (Lipinski definition) is 4. The van der Waals surface area contributed by atoms with E-state index in [0.717, 1.165) is 11.3 Å². The van der Waals surface area contributed by atoms with Crippen molar-refractivity contribution in [2.45, 2.75) is 6.92 Å². The summed E-state index contributed by atoms with van der Waals surface area (Å²) in [5.74, 6) is 1.04. The molecule has 1 aromatic carbocycles. The number of rotatable bonds is 4. The molecule has 0 aliphatic heterocycles. The summed E-state index contributed by atoms with van der Waals surface area (Å²) in [6, 6.07) is 14.8. The van der Waals surface area contributed by atoms with Crippen LogP contribution in [0.5, 0.6) is 0 Å². The first kappa shape index (κ1) is 13.8. The summed E-state index contributed by atoms with van der Waals surface area (Å²) in [5, 5.41) is 10.6. The highest BCUT2D eigenvalue weighted by molar-refractivity contribution is 5.93. The SMILES string of the molecule is Cc1ccc(-c2cc(C(=O)N/N=C/c3ccccc3)n[nH]2)o1. The summed E-state index contributed by atoms with van der Waals surface area (Å²) >= 11 is 0. The van der Waals surface area contributed by atoms with Crippen molar-refractivity contribution in [1.29, 1.82) is 0 Å². The number of hydrazone groups is 1. The number of benzene rings is 1. The van der Waals surface area contributed by atoms with Gasteiger partial charge >= 0.3 is 0 Å². The summed E-state index contributed by atoms with van der Waals surface area (Å²) in [4.78, 5) is 11.9. The summed E-state index contributed by atoms with van der Waals surface area (Å²) in [7, 11) is 0. The van der Waals surface area contributed by atoms with Crippen molar-refractivity contribution in [1.82, 2.24) is 15.6 Å². The molecule has 3 aromatic rings. The summed E-state index contributed by atoms with van der Waals surface area (Å²) in [5.41, 5.74) is 4.22. The Kier molecular flexibility index (Phi) is 3.82. The molecule has 6 heteroatoms. The van der Waals surface area contributed by atoms with Crippen LogP contribution in [-0.2, 0) is 0 Å². The van der Waals surface area contributed by atoms with E-state index in [9.17, 15) is 4.79 Å². The molecule has 0 saturated carbocycles. The molecule has 110 valence electrons. The van der Waals surface area contributed by atoms with Crippen molar-refractivity contribution in [3.05, 3.63) is 65.5 Å². The van der Waals surface area contributed by atoms with Crippen molar-refractivity contribution in [3.8, 4) is 11.5 Å². The molecule has 0 unspecified atom stereocenters. The van der Waals surface area contributed by atoms with Gasteiger partial charge in [-0.15, -0.1) is 0 Å². The summed E-state index contributed by atoms with van der Waals surface area (Å²) < 4.78 is 5.47. The molecule has 22 heavy (non-hydrogen) atoms. The van der Waals surface area contributed by atoms with E-state index in [1.165, 1.54) is 0 Å². The zero-order valence-corrected chi connectivity index (χ0v) is 11.9.